The molecule has 1 saturated carbocycles. The van der Waals surface area contributed by atoms with Crippen molar-refractivity contribution in [2.24, 2.45) is 11.3 Å². The Morgan fingerprint density at radius 3 is 2.58 bits per heavy atom. The maximum Gasteiger partial charge on any atom is 0.0570 e. The zero-order valence-corrected chi connectivity index (χ0v) is 12.8. The molecule has 1 aromatic rings. The number of nitrogens with one attached hydrogen (secondary N) is 1. The number of aromatic nitrogens is 1. The summed E-state index contributed by atoms with van der Waals surface area (Å²) in [6.07, 6.45) is 7.29. The predicted molar refractivity (Wildman–Crippen MR) is 81.0 cm³/mol. The molecule has 0 bridgehead atoms. The lowest BCUT2D eigenvalue weighted by molar-refractivity contribution is 0.124. The Labute approximate surface area is 118 Å². The molecule has 0 saturated heterocycles. The van der Waals surface area contributed by atoms with Crippen LogP contribution in [-0.4, -0.2) is 11.0 Å². The normalized spacial score (nSPS) is 26.1. The largest absolute Gasteiger partial charge is 0.306 e. The Kier molecular flexibility index (Phi) is 4.62. The summed E-state index contributed by atoms with van der Waals surface area (Å²) < 4.78 is 0. The Hall–Kier alpha value is -0.890. The van der Waals surface area contributed by atoms with Crippen LogP contribution in [0.4, 0.5) is 0 Å². The Balaban J connectivity index is 2.04. The summed E-state index contributed by atoms with van der Waals surface area (Å²) in [5, 5.41) is 3.83. The van der Waals surface area contributed by atoms with Gasteiger partial charge < -0.3 is 5.32 Å². The molecule has 106 valence electrons. The van der Waals surface area contributed by atoms with E-state index in [4.69, 9.17) is 0 Å². The van der Waals surface area contributed by atoms with Gasteiger partial charge in [0.2, 0.25) is 0 Å². The van der Waals surface area contributed by atoms with Gasteiger partial charge in [0.05, 0.1) is 5.69 Å². The van der Waals surface area contributed by atoms with Crippen LogP contribution in [0.5, 0.6) is 0 Å². The minimum Gasteiger partial charge on any atom is -0.306 e. The van der Waals surface area contributed by atoms with Crippen molar-refractivity contribution in [3.05, 3.63) is 30.1 Å². The first-order chi connectivity index (χ1) is 8.98. The van der Waals surface area contributed by atoms with Gasteiger partial charge in [0.1, 0.15) is 0 Å². The van der Waals surface area contributed by atoms with E-state index in [1.807, 2.05) is 12.3 Å². The van der Waals surface area contributed by atoms with Crippen LogP contribution in [0.25, 0.3) is 0 Å². The van der Waals surface area contributed by atoms with E-state index in [2.05, 4.69) is 50.1 Å². The molecule has 0 aromatic carbocycles. The number of rotatable bonds is 3. The maximum absolute atomic E-state index is 4.47. The van der Waals surface area contributed by atoms with Crippen molar-refractivity contribution in [2.75, 3.05) is 0 Å². The molecule has 0 amide bonds. The van der Waals surface area contributed by atoms with Gasteiger partial charge in [-0.1, -0.05) is 39.7 Å². The molecule has 1 aromatic heterocycles. The molecule has 1 N–H and O–H groups in total. The minimum absolute atomic E-state index is 0.342. The quantitative estimate of drug-likeness (QED) is 0.874. The summed E-state index contributed by atoms with van der Waals surface area (Å²) in [6, 6.07) is 7.14. The Morgan fingerprint density at radius 1 is 1.21 bits per heavy atom. The third-order valence-corrected chi connectivity index (χ3v) is 4.47. The zero-order valence-electron chi connectivity index (χ0n) is 12.8. The fraction of sp³-hybridized carbons (Fsp3) is 0.706. The van der Waals surface area contributed by atoms with Gasteiger partial charge in [-0.3, -0.25) is 4.98 Å². The van der Waals surface area contributed by atoms with Gasteiger partial charge in [0.15, 0.2) is 0 Å². The summed E-state index contributed by atoms with van der Waals surface area (Å²) in [4.78, 5) is 4.47. The highest BCUT2D eigenvalue weighted by Gasteiger charge is 2.34. The molecule has 1 aliphatic rings. The average Bonchev–Trinajstić information content (AvgIpc) is 2.39. The van der Waals surface area contributed by atoms with Gasteiger partial charge >= 0.3 is 0 Å². The standard InChI is InChI=1S/C17H28N2/c1-13(15-10-7-8-12-18-15)19-16-11-6-5-9-14(16)17(2,3)4/h7-8,10,12-14,16,19H,5-6,9,11H2,1-4H3. The molecule has 2 rings (SSSR count). The molecule has 2 nitrogen and oxygen atoms in total. The van der Waals surface area contributed by atoms with Crippen LogP contribution in [0.15, 0.2) is 24.4 Å². The van der Waals surface area contributed by atoms with Crippen molar-refractivity contribution in [1.82, 2.24) is 10.3 Å². The van der Waals surface area contributed by atoms with E-state index in [0.717, 1.165) is 11.6 Å². The molecule has 1 heterocycles. The van der Waals surface area contributed by atoms with E-state index < -0.39 is 0 Å². The minimum atomic E-state index is 0.342. The number of hydrogen-bond acceptors (Lipinski definition) is 2. The Morgan fingerprint density at radius 2 is 1.95 bits per heavy atom. The second kappa shape index (κ2) is 6.04. The zero-order chi connectivity index (χ0) is 13.9. The lowest BCUT2D eigenvalue weighted by atomic mass is 9.69. The van der Waals surface area contributed by atoms with Gasteiger partial charge in [-0.05, 0) is 43.2 Å². The summed E-state index contributed by atoms with van der Waals surface area (Å²) in [5.41, 5.74) is 1.54. The van der Waals surface area contributed by atoms with Crippen molar-refractivity contribution in [3.8, 4) is 0 Å². The van der Waals surface area contributed by atoms with Crippen LogP contribution in [0.2, 0.25) is 0 Å². The average molecular weight is 260 g/mol. The van der Waals surface area contributed by atoms with Crippen molar-refractivity contribution < 1.29 is 0 Å². The topological polar surface area (TPSA) is 24.9 Å². The molecule has 0 spiro atoms. The molecular weight excluding hydrogens is 232 g/mol. The third kappa shape index (κ3) is 3.79. The molecule has 19 heavy (non-hydrogen) atoms. The van der Waals surface area contributed by atoms with Gasteiger partial charge in [-0.15, -0.1) is 0 Å². The molecule has 1 aliphatic carbocycles. The van der Waals surface area contributed by atoms with E-state index in [-0.39, 0.29) is 0 Å². The van der Waals surface area contributed by atoms with Crippen LogP contribution in [0.1, 0.15) is 65.1 Å². The van der Waals surface area contributed by atoms with E-state index in [1.165, 1.54) is 25.7 Å². The van der Waals surface area contributed by atoms with Crippen molar-refractivity contribution in [3.63, 3.8) is 0 Å². The van der Waals surface area contributed by atoms with Gasteiger partial charge in [-0.25, -0.2) is 0 Å². The van der Waals surface area contributed by atoms with Crippen molar-refractivity contribution in [1.29, 1.82) is 0 Å². The molecule has 1 fully saturated rings. The number of hydrogen-bond donors (Lipinski definition) is 1. The van der Waals surface area contributed by atoms with Gasteiger partial charge in [0.25, 0.3) is 0 Å². The highest BCUT2D eigenvalue weighted by Crippen LogP contribution is 2.38. The second-order valence-electron chi connectivity index (χ2n) is 7.01. The molecule has 3 unspecified atom stereocenters. The lowest BCUT2D eigenvalue weighted by Crippen LogP contribution is -2.45. The Bertz CT molecular complexity index is 380. The van der Waals surface area contributed by atoms with Crippen LogP contribution in [-0.2, 0) is 0 Å². The molecule has 0 radical (unpaired) electrons. The van der Waals surface area contributed by atoms with Crippen LogP contribution < -0.4 is 5.32 Å². The number of pyridine rings is 1. The lowest BCUT2D eigenvalue weighted by Gasteiger charge is -2.42. The second-order valence-corrected chi connectivity index (χ2v) is 7.01. The maximum atomic E-state index is 4.47. The molecule has 3 atom stereocenters. The van der Waals surface area contributed by atoms with E-state index >= 15 is 0 Å². The summed E-state index contributed by atoms with van der Waals surface area (Å²) in [5.74, 6) is 0.771. The fourth-order valence-corrected chi connectivity index (χ4v) is 3.41. The summed E-state index contributed by atoms with van der Waals surface area (Å²) in [7, 11) is 0. The van der Waals surface area contributed by atoms with Crippen LogP contribution >= 0.6 is 0 Å². The monoisotopic (exact) mass is 260 g/mol. The smallest absolute Gasteiger partial charge is 0.0570 e. The van der Waals surface area contributed by atoms with E-state index in [0.29, 0.717) is 17.5 Å². The fourth-order valence-electron chi connectivity index (χ4n) is 3.41. The summed E-state index contributed by atoms with van der Waals surface area (Å²) in [6.45, 7) is 9.37. The molecule has 0 aliphatic heterocycles. The van der Waals surface area contributed by atoms with E-state index in [9.17, 15) is 0 Å². The summed E-state index contributed by atoms with van der Waals surface area (Å²) >= 11 is 0. The number of nitrogens with zero attached hydrogens (tertiary/aromatic N) is 1. The van der Waals surface area contributed by atoms with Crippen molar-refractivity contribution in [2.45, 2.75) is 65.5 Å². The third-order valence-electron chi connectivity index (χ3n) is 4.47. The predicted octanol–water partition coefficient (Wildman–Crippen LogP) is 4.34. The van der Waals surface area contributed by atoms with Crippen LogP contribution in [0.3, 0.4) is 0 Å². The molecular formula is C17H28N2. The van der Waals surface area contributed by atoms with Gasteiger partial charge in [-0.2, -0.15) is 0 Å². The first kappa shape index (κ1) is 14.5. The first-order valence-corrected chi connectivity index (χ1v) is 7.65. The molecule has 2 heteroatoms. The van der Waals surface area contributed by atoms with Crippen molar-refractivity contribution >= 4 is 0 Å². The van der Waals surface area contributed by atoms with Gasteiger partial charge in [0, 0.05) is 18.3 Å². The van der Waals surface area contributed by atoms with Crippen LogP contribution in [0, 0.1) is 11.3 Å². The highest BCUT2D eigenvalue weighted by molar-refractivity contribution is 5.08. The van der Waals surface area contributed by atoms with E-state index in [1.54, 1.807) is 0 Å². The first-order valence-electron chi connectivity index (χ1n) is 7.65. The SMILES string of the molecule is CC(NC1CCCCC1C(C)(C)C)c1ccccn1. The highest BCUT2D eigenvalue weighted by atomic mass is 15.0.